The van der Waals surface area contributed by atoms with Crippen molar-refractivity contribution in [1.29, 1.82) is 0 Å². The van der Waals surface area contributed by atoms with E-state index in [4.69, 9.17) is 4.74 Å². The number of piperazine rings is 1. The molecule has 28 heavy (non-hydrogen) atoms. The van der Waals surface area contributed by atoms with Crippen LogP contribution in [0.4, 0.5) is 0 Å². The first-order valence-corrected chi connectivity index (χ1v) is 10.2. The van der Waals surface area contributed by atoms with Gasteiger partial charge in [-0.2, -0.15) is 0 Å². The van der Waals surface area contributed by atoms with E-state index in [9.17, 15) is 0 Å². The number of nitrogens with one attached hydrogen (secondary N) is 2. The Morgan fingerprint density at radius 3 is 2.57 bits per heavy atom. The van der Waals surface area contributed by atoms with Crippen LogP contribution in [0.15, 0.2) is 41.9 Å². The number of aliphatic imine (C=N–C) groups is 1. The van der Waals surface area contributed by atoms with Gasteiger partial charge in [0, 0.05) is 57.9 Å². The molecule has 6 nitrogen and oxygen atoms in total. The lowest BCUT2D eigenvalue weighted by Gasteiger charge is -2.40. The average molecular weight is 388 g/mol. The van der Waals surface area contributed by atoms with Gasteiger partial charge in [0.1, 0.15) is 12.4 Å². The molecule has 0 radical (unpaired) electrons. The molecule has 1 aliphatic rings. The lowest BCUT2D eigenvalue weighted by atomic mass is 10.0. The summed E-state index contributed by atoms with van der Waals surface area (Å²) in [5.74, 6) is 2.28. The van der Waals surface area contributed by atoms with Crippen LogP contribution in [0.3, 0.4) is 0 Å². The number of para-hydroxylation sites is 1. The molecule has 1 aliphatic heterocycles. The molecule has 0 spiro atoms. The Morgan fingerprint density at radius 2 is 1.93 bits per heavy atom. The van der Waals surface area contributed by atoms with Gasteiger partial charge >= 0.3 is 0 Å². The smallest absolute Gasteiger partial charge is 0.191 e. The third-order valence-electron chi connectivity index (χ3n) is 5.25. The first-order chi connectivity index (χ1) is 13.5. The maximum atomic E-state index is 5.74. The van der Waals surface area contributed by atoms with Crippen molar-refractivity contribution in [2.75, 3.05) is 53.4 Å². The molecular weight excluding hydrogens is 350 g/mol. The van der Waals surface area contributed by atoms with Gasteiger partial charge in [-0.25, -0.2) is 0 Å². The number of likely N-dealkylation sites (N-methyl/N-ethyl adjacent to an activating group) is 1. The van der Waals surface area contributed by atoms with Crippen molar-refractivity contribution in [2.45, 2.75) is 26.4 Å². The molecule has 1 atom stereocenters. The van der Waals surface area contributed by atoms with E-state index in [1.165, 1.54) is 0 Å². The minimum atomic E-state index is 0.496. The molecule has 1 saturated heterocycles. The first-order valence-electron chi connectivity index (χ1n) is 10.2. The van der Waals surface area contributed by atoms with Crippen molar-refractivity contribution in [3.63, 3.8) is 0 Å². The fraction of sp³-hybridized carbons (Fsp3) is 0.591. The summed E-state index contributed by atoms with van der Waals surface area (Å²) in [6, 6.07) is 8.56. The minimum Gasteiger partial charge on any atom is -0.489 e. The average Bonchev–Trinajstić information content (AvgIpc) is 2.70. The van der Waals surface area contributed by atoms with Crippen molar-refractivity contribution >= 4 is 5.96 Å². The molecule has 1 unspecified atom stereocenters. The van der Waals surface area contributed by atoms with Crippen LogP contribution in [0.5, 0.6) is 5.75 Å². The van der Waals surface area contributed by atoms with Crippen molar-refractivity contribution < 1.29 is 4.74 Å². The van der Waals surface area contributed by atoms with E-state index in [0.29, 0.717) is 25.1 Å². The van der Waals surface area contributed by atoms with Gasteiger partial charge in [-0.15, -0.1) is 0 Å². The summed E-state index contributed by atoms with van der Waals surface area (Å²) in [7, 11) is 4.01. The van der Waals surface area contributed by atoms with E-state index in [-0.39, 0.29) is 0 Å². The maximum absolute atomic E-state index is 5.74. The Morgan fingerprint density at radius 1 is 1.21 bits per heavy atom. The zero-order valence-electron chi connectivity index (χ0n) is 17.9. The highest BCUT2D eigenvalue weighted by Gasteiger charge is 2.25. The number of hydrogen-bond acceptors (Lipinski definition) is 4. The number of guanidine groups is 1. The van der Waals surface area contributed by atoms with Gasteiger partial charge in [-0.1, -0.05) is 44.7 Å². The first kappa shape index (κ1) is 22.2. The molecule has 156 valence electrons. The topological polar surface area (TPSA) is 52.1 Å². The molecule has 1 heterocycles. The molecule has 0 bridgehead atoms. The zero-order chi connectivity index (χ0) is 20.4. The van der Waals surface area contributed by atoms with E-state index in [2.05, 4.69) is 59.0 Å². The van der Waals surface area contributed by atoms with Gasteiger partial charge in [0.2, 0.25) is 0 Å². The van der Waals surface area contributed by atoms with E-state index in [1.54, 1.807) is 6.08 Å². The Kier molecular flexibility index (Phi) is 9.31. The molecule has 0 aromatic heterocycles. The highest BCUT2D eigenvalue weighted by atomic mass is 16.5. The van der Waals surface area contributed by atoms with Gasteiger partial charge in [0.25, 0.3) is 0 Å². The van der Waals surface area contributed by atoms with Crippen LogP contribution in [0.2, 0.25) is 0 Å². The fourth-order valence-electron chi connectivity index (χ4n) is 3.48. The van der Waals surface area contributed by atoms with Crippen LogP contribution < -0.4 is 15.4 Å². The molecular formula is C22H37N5O. The number of hydrogen-bond donors (Lipinski definition) is 2. The van der Waals surface area contributed by atoms with Crippen LogP contribution in [0, 0.1) is 5.92 Å². The fourth-order valence-corrected chi connectivity index (χ4v) is 3.48. The minimum absolute atomic E-state index is 0.496. The summed E-state index contributed by atoms with van der Waals surface area (Å²) in [6.45, 7) is 14.9. The van der Waals surface area contributed by atoms with Crippen molar-refractivity contribution in [3.05, 3.63) is 42.5 Å². The Bertz CT molecular complexity index is 623. The Hall–Kier alpha value is -2.05. The van der Waals surface area contributed by atoms with Crippen LogP contribution in [0.25, 0.3) is 0 Å². The molecule has 0 saturated carbocycles. The number of ether oxygens (including phenoxy) is 1. The predicted octanol–water partition coefficient (Wildman–Crippen LogP) is 2.19. The molecule has 0 aliphatic carbocycles. The largest absolute Gasteiger partial charge is 0.489 e. The molecule has 2 rings (SSSR count). The second-order valence-electron chi connectivity index (χ2n) is 7.66. The summed E-state index contributed by atoms with van der Waals surface area (Å²) < 4.78 is 5.74. The number of rotatable bonds is 9. The molecule has 6 heteroatoms. The molecule has 0 amide bonds. The molecule has 2 N–H and O–H groups in total. The highest BCUT2D eigenvalue weighted by molar-refractivity contribution is 5.79. The third-order valence-corrected chi connectivity index (χ3v) is 5.25. The Labute approximate surface area is 170 Å². The third kappa shape index (κ3) is 6.84. The molecule has 1 aromatic rings. The summed E-state index contributed by atoms with van der Waals surface area (Å²) in [5.41, 5.74) is 1.10. The zero-order valence-corrected chi connectivity index (χ0v) is 17.9. The van der Waals surface area contributed by atoms with Crippen LogP contribution >= 0.6 is 0 Å². The summed E-state index contributed by atoms with van der Waals surface area (Å²) in [5, 5.41) is 6.93. The van der Waals surface area contributed by atoms with Gasteiger partial charge < -0.3 is 20.3 Å². The summed E-state index contributed by atoms with van der Waals surface area (Å²) >= 11 is 0. The van der Waals surface area contributed by atoms with Crippen molar-refractivity contribution in [2.24, 2.45) is 10.9 Å². The standard InChI is InChI=1S/C22H37N5O/c1-6-15-28-21-10-8-7-9-19(21)16-24-22(23-4)25-17-20(18(2)3)27-13-11-26(5)12-14-27/h6-10,18,20H,1,11-17H2,2-5H3,(H2,23,24,25). The predicted molar refractivity (Wildman–Crippen MR) is 118 cm³/mol. The quantitative estimate of drug-likeness (QED) is 0.386. The van der Waals surface area contributed by atoms with Crippen LogP contribution in [-0.4, -0.2) is 75.2 Å². The van der Waals surface area contributed by atoms with E-state index >= 15 is 0 Å². The number of nitrogens with zero attached hydrogens (tertiary/aromatic N) is 3. The normalized spacial score (nSPS) is 17.4. The van der Waals surface area contributed by atoms with Crippen LogP contribution in [0.1, 0.15) is 19.4 Å². The van der Waals surface area contributed by atoms with E-state index < -0.39 is 0 Å². The van der Waals surface area contributed by atoms with E-state index in [0.717, 1.165) is 50.0 Å². The monoisotopic (exact) mass is 387 g/mol. The van der Waals surface area contributed by atoms with Gasteiger partial charge in [0.15, 0.2) is 5.96 Å². The summed E-state index contributed by atoms with van der Waals surface area (Å²) in [4.78, 5) is 9.39. The van der Waals surface area contributed by atoms with Gasteiger partial charge in [-0.3, -0.25) is 9.89 Å². The summed E-state index contributed by atoms with van der Waals surface area (Å²) in [6.07, 6.45) is 1.76. The lowest BCUT2D eigenvalue weighted by Crippen LogP contribution is -2.55. The van der Waals surface area contributed by atoms with Gasteiger partial charge in [0.05, 0.1) is 0 Å². The van der Waals surface area contributed by atoms with E-state index in [1.807, 2.05) is 25.2 Å². The van der Waals surface area contributed by atoms with Crippen molar-refractivity contribution in [1.82, 2.24) is 20.4 Å². The molecule has 1 aromatic carbocycles. The van der Waals surface area contributed by atoms with Crippen molar-refractivity contribution in [3.8, 4) is 5.75 Å². The second-order valence-corrected chi connectivity index (χ2v) is 7.66. The SMILES string of the molecule is C=CCOc1ccccc1CNC(=NC)NCC(C(C)C)N1CCN(C)CC1. The second kappa shape index (κ2) is 11.7. The Balaban J connectivity index is 1.89. The maximum Gasteiger partial charge on any atom is 0.191 e. The highest BCUT2D eigenvalue weighted by Crippen LogP contribution is 2.17. The van der Waals surface area contributed by atoms with Gasteiger partial charge in [-0.05, 0) is 19.0 Å². The number of benzene rings is 1. The van der Waals surface area contributed by atoms with Crippen LogP contribution in [-0.2, 0) is 6.54 Å². The molecule has 1 fully saturated rings. The lowest BCUT2D eigenvalue weighted by molar-refractivity contribution is 0.0900.